The Morgan fingerprint density at radius 2 is 1.59 bits per heavy atom. The number of amides is 4. The second-order valence-electron chi connectivity index (χ2n) is 11.2. The molecular formula is C30H50N4O5. The molecule has 1 aromatic carbocycles. The Bertz CT molecular complexity index is 957. The number of nitrogens with zero attached hydrogens (tertiary/aromatic N) is 1. The Morgan fingerprint density at radius 1 is 0.949 bits per heavy atom. The third-order valence-electron chi connectivity index (χ3n) is 6.42. The van der Waals surface area contributed by atoms with E-state index in [1.807, 2.05) is 32.0 Å². The number of unbranched alkanes of at least 4 members (excludes halogenated alkanes) is 5. The molecule has 0 aliphatic rings. The number of carbonyl (C=O) groups excluding carboxylic acids is 4. The second-order valence-corrected chi connectivity index (χ2v) is 11.2. The van der Waals surface area contributed by atoms with Crippen molar-refractivity contribution in [1.82, 2.24) is 15.5 Å². The fraction of sp³-hybridized carbons (Fsp3) is 0.667. The summed E-state index contributed by atoms with van der Waals surface area (Å²) in [5.74, 6) is -1.60. The van der Waals surface area contributed by atoms with Crippen molar-refractivity contribution in [2.45, 2.75) is 118 Å². The highest BCUT2D eigenvalue weighted by Gasteiger charge is 2.36. The van der Waals surface area contributed by atoms with E-state index in [0.717, 1.165) is 49.7 Å². The molecular weight excluding hydrogens is 496 g/mol. The smallest absolute Gasteiger partial charge is 0.408 e. The molecule has 0 radical (unpaired) electrons. The van der Waals surface area contributed by atoms with Gasteiger partial charge in [0, 0.05) is 13.1 Å². The molecule has 0 fully saturated rings. The number of primary amides is 1. The maximum Gasteiger partial charge on any atom is 0.408 e. The van der Waals surface area contributed by atoms with Gasteiger partial charge in [-0.1, -0.05) is 64.2 Å². The van der Waals surface area contributed by atoms with Gasteiger partial charge in [-0.15, -0.1) is 0 Å². The highest BCUT2D eigenvalue weighted by atomic mass is 16.6. The normalized spacial score (nSPS) is 12.8. The van der Waals surface area contributed by atoms with Crippen molar-refractivity contribution in [3.8, 4) is 0 Å². The summed E-state index contributed by atoms with van der Waals surface area (Å²) in [6.45, 7) is 14.0. The number of hydrogen-bond acceptors (Lipinski definition) is 5. The van der Waals surface area contributed by atoms with E-state index >= 15 is 0 Å². The molecule has 4 amide bonds. The van der Waals surface area contributed by atoms with Crippen molar-refractivity contribution in [3.05, 3.63) is 34.9 Å². The maximum absolute atomic E-state index is 14.1. The number of aryl methyl sites for hydroxylation is 2. The third-order valence-corrected chi connectivity index (χ3v) is 6.42. The summed E-state index contributed by atoms with van der Waals surface area (Å²) in [7, 11) is 0. The molecule has 9 nitrogen and oxygen atoms in total. The Morgan fingerprint density at radius 3 is 2.15 bits per heavy atom. The van der Waals surface area contributed by atoms with Crippen LogP contribution in [-0.4, -0.2) is 53.4 Å². The molecule has 2 atom stereocenters. The van der Waals surface area contributed by atoms with Crippen molar-refractivity contribution in [2.75, 3.05) is 13.1 Å². The third kappa shape index (κ3) is 12.5. The second kappa shape index (κ2) is 16.8. The van der Waals surface area contributed by atoms with Crippen LogP contribution in [-0.2, 0) is 19.1 Å². The van der Waals surface area contributed by atoms with Gasteiger partial charge in [-0.2, -0.15) is 0 Å². The first-order valence-corrected chi connectivity index (χ1v) is 14.2. The minimum Gasteiger partial charge on any atom is -0.444 e. The summed E-state index contributed by atoms with van der Waals surface area (Å²) >= 11 is 0. The monoisotopic (exact) mass is 546 g/mol. The van der Waals surface area contributed by atoms with Crippen molar-refractivity contribution in [3.63, 3.8) is 0 Å². The van der Waals surface area contributed by atoms with Crippen LogP contribution in [0, 0.1) is 13.8 Å². The lowest BCUT2D eigenvalue weighted by molar-refractivity contribution is -0.143. The van der Waals surface area contributed by atoms with E-state index in [1.165, 1.54) is 4.90 Å². The maximum atomic E-state index is 14.1. The number of nitrogens with one attached hydrogen (secondary N) is 2. The van der Waals surface area contributed by atoms with E-state index in [1.54, 1.807) is 20.8 Å². The Labute approximate surface area is 234 Å². The topological polar surface area (TPSA) is 131 Å². The predicted octanol–water partition coefficient (Wildman–Crippen LogP) is 4.83. The van der Waals surface area contributed by atoms with Crippen LogP contribution in [0.25, 0.3) is 0 Å². The predicted molar refractivity (Wildman–Crippen MR) is 154 cm³/mol. The molecule has 0 heterocycles. The molecule has 0 aliphatic carbocycles. The zero-order valence-corrected chi connectivity index (χ0v) is 25.0. The summed E-state index contributed by atoms with van der Waals surface area (Å²) in [6, 6.07) is 3.50. The first kappa shape index (κ1) is 33.9. The van der Waals surface area contributed by atoms with Crippen LogP contribution in [0.4, 0.5) is 4.79 Å². The summed E-state index contributed by atoms with van der Waals surface area (Å²) in [5.41, 5.74) is 7.41. The van der Waals surface area contributed by atoms with Crippen LogP contribution in [0.15, 0.2) is 18.2 Å². The van der Waals surface area contributed by atoms with Gasteiger partial charge in [0.05, 0.1) is 6.42 Å². The minimum atomic E-state index is -1.27. The van der Waals surface area contributed by atoms with E-state index in [4.69, 9.17) is 10.5 Å². The number of hydrogen-bond donors (Lipinski definition) is 3. The molecule has 1 aromatic rings. The molecule has 220 valence electrons. The molecule has 39 heavy (non-hydrogen) atoms. The average Bonchev–Trinajstić information content (AvgIpc) is 2.83. The van der Waals surface area contributed by atoms with Gasteiger partial charge in [0.25, 0.3) is 0 Å². The molecule has 0 bridgehead atoms. The van der Waals surface area contributed by atoms with E-state index in [2.05, 4.69) is 24.5 Å². The zero-order chi connectivity index (χ0) is 29.6. The summed E-state index contributed by atoms with van der Waals surface area (Å²) in [6.07, 6.45) is 5.12. The van der Waals surface area contributed by atoms with Crippen molar-refractivity contribution >= 4 is 23.8 Å². The summed E-state index contributed by atoms with van der Waals surface area (Å²) in [5, 5.41) is 5.53. The van der Waals surface area contributed by atoms with Crippen LogP contribution >= 0.6 is 0 Å². The molecule has 0 aliphatic heterocycles. The van der Waals surface area contributed by atoms with Gasteiger partial charge in [0.2, 0.25) is 17.7 Å². The zero-order valence-electron chi connectivity index (χ0n) is 25.0. The van der Waals surface area contributed by atoms with Gasteiger partial charge < -0.3 is 26.0 Å². The van der Waals surface area contributed by atoms with Gasteiger partial charge in [-0.3, -0.25) is 14.4 Å². The van der Waals surface area contributed by atoms with Crippen molar-refractivity contribution in [1.29, 1.82) is 0 Å². The van der Waals surface area contributed by atoms with E-state index in [-0.39, 0.29) is 12.5 Å². The van der Waals surface area contributed by atoms with Gasteiger partial charge >= 0.3 is 6.09 Å². The Kier molecular flexibility index (Phi) is 14.6. The summed E-state index contributed by atoms with van der Waals surface area (Å²) in [4.78, 5) is 53.8. The van der Waals surface area contributed by atoms with Crippen LogP contribution in [0.1, 0.15) is 109 Å². The van der Waals surface area contributed by atoms with Crippen LogP contribution in [0.5, 0.6) is 0 Å². The first-order valence-electron chi connectivity index (χ1n) is 14.2. The highest BCUT2D eigenvalue weighted by molar-refractivity contribution is 5.94. The van der Waals surface area contributed by atoms with Gasteiger partial charge in [0.15, 0.2) is 0 Å². The number of carbonyl (C=O) groups is 4. The number of ether oxygens (including phenoxy) is 1. The molecule has 0 saturated carbocycles. The molecule has 1 rings (SSSR count). The Balaban J connectivity index is 3.49. The molecule has 0 spiro atoms. The van der Waals surface area contributed by atoms with Crippen LogP contribution in [0.3, 0.4) is 0 Å². The quantitative estimate of drug-likeness (QED) is 0.256. The van der Waals surface area contributed by atoms with E-state index < -0.39 is 42.0 Å². The number of nitrogens with two attached hydrogens (primary N) is 1. The highest BCUT2D eigenvalue weighted by Crippen LogP contribution is 2.26. The minimum absolute atomic E-state index is 0.282. The number of rotatable bonds is 16. The Hall–Kier alpha value is -3.10. The SMILES string of the molecule is CCCCCCN(C(=O)C(CC(N)=O)NC(=O)OC(C)(C)C)C(C(=O)NCCCCC)c1ccc(C)c(C)c1. The summed E-state index contributed by atoms with van der Waals surface area (Å²) < 4.78 is 5.34. The lowest BCUT2D eigenvalue weighted by atomic mass is 9.97. The molecule has 9 heteroatoms. The standard InChI is InChI=1S/C30H50N4O5/c1-8-10-12-14-18-34(28(37)24(20-25(31)35)33-29(38)39-30(5,6)7)26(27(36)32-17-13-11-9-2)23-16-15-21(3)22(4)19-23/h15-16,19,24,26H,8-14,17-18,20H2,1-7H3,(H2,31,35)(H,32,36)(H,33,38). The van der Waals surface area contributed by atoms with Gasteiger partial charge in [-0.05, 0) is 64.2 Å². The molecule has 2 unspecified atom stereocenters. The van der Waals surface area contributed by atoms with Crippen molar-refractivity contribution in [2.24, 2.45) is 5.73 Å². The van der Waals surface area contributed by atoms with Gasteiger partial charge in [0.1, 0.15) is 17.7 Å². The largest absolute Gasteiger partial charge is 0.444 e. The van der Waals surface area contributed by atoms with E-state index in [9.17, 15) is 19.2 Å². The number of benzene rings is 1. The van der Waals surface area contributed by atoms with Crippen LogP contribution in [0.2, 0.25) is 0 Å². The van der Waals surface area contributed by atoms with Crippen molar-refractivity contribution < 1.29 is 23.9 Å². The lowest BCUT2D eigenvalue weighted by Gasteiger charge is -2.34. The molecule has 0 saturated heterocycles. The molecule has 4 N–H and O–H groups in total. The first-order chi connectivity index (χ1) is 18.3. The van der Waals surface area contributed by atoms with Gasteiger partial charge in [-0.25, -0.2) is 4.79 Å². The fourth-order valence-electron chi connectivity index (χ4n) is 4.22. The van der Waals surface area contributed by atoms with E-state index in [0.29, 0.717) is 18.5 Å². The number of alkyl carbamates (subject to hydrolysis) is 1. The van der Waals surface area contributed by atoms with Crippen LogP contribution < -0.4 is 16.4 Å². The lowest BCUT2D eigenvalue weighted by Crippen LogP contribution is -2.54. The molecule has 0 aromatic heterocycles. The fourth-order valence-corrected chi connectivity index (χ4v) is 4.22. The average molecular weight is 547 g/mol.